The minimum Gasteiger partial charge on any atom is -0.207 e. The Labute approximate surface area is 178 Å². The molecule has 4 atom stereocenters. The zero-order chi connectivity index (χ0) is 21.1. The van der Waals surface area contributed by atoms with Crippen molar-refractivity contribution < 1.29 is 13.2 Å². The Bertz CT molecular complexity index is 836. The molecule has 0 amide bonds. The highest BCUT2D eigenvalue weighted by atomic mass is 19.1. The van der Waals surface area contributed by atoms with Gasteiger partial charge in [0.05, 0.1) is 5.56 Å². The van der Waals surface area contributed by atoms with E-state index in [2.05, 4.69) is 6.92 Å². The molecule has 0 bridgehead atoms. The van der Waals surface area contributed by atoms with E-state index in [-0.39, 0.29) is 17.0 Å². The van der Waals surface area contributed by atoms with Gasteiger partial charge in [-0.05, 0) is 91.2 Å². The van der Waals surface area contributed by atoms with Crippen LogP contribution < -0.4 is 0 Å². The monoisotopic (exact) mass is 414 g/mol. The molecule has 1 unspecified atom stereocenters. The lowest BCUT2D eigenvalue weighted by Crippen LogP contribution is -2.30. The third-order valence-electron chi connectivity index (χ3n) is 7.59. The second kappa shape index (κ2) is 9.58. The van der Waals surface area contributed by atoms with E-state index in [4.69, 9.17) is 0 Å². The number of halogens is 3. The molecule has 0 heterocycles. The van der Waals surface area contributed by atoms with Crippen LogP contribution in [0.3, 0.4) is 0 Å². The third-order valence-corrected chi connectivity index (χ3v) is 7.59. The first kappa shape index (κ1) is 21.5. The molecule has 2 aliphatic rings. The molecule has 2 saturated carbocycles. The lowest BCUT2D eigenvalue weighted by atomic mass is 9.63. The van der Waals surface area contributed by atoms with Crippen molar-refractivity contribution in [3.63, 3.8) is 0 Å². The van der Waals surface area contributed by atoms with E-state index in [1.165, 1.54) is 81.7 Å². The normalized spacial score (nSPS) is 26.4. The number of rotatable bonds is 6. The Morgan fingerprint density at radius 2 is 1.57 bits per heavy atom. The summed E-state index contributed by atoms with van der Waals surface area (Å²) in [4.78, 5) is 0. The van der Waals surface area contributed by atoms with Gasteiger partial charge in [0.2, 0.25) is 0 Å². The van der Waals surface area contributed by atoms with Crippen molar-refractivity contribution in [3.8, 4) is 11.1 Å². The fourth-order valence-electron chi connectivity index (χ4n) is 5.98. The summed E-state index contributed by atoms with van der Waals surface area (Å²) in [6, 6.07) is 8.48. The first-order valence-corrected chi connectivity index (χ1v) is 11.8. The van der Waals surface area contributed by atoms with E-state index >= 15 is 0 Å². The average molecular weight is 415 g/mol. The highest BCUT2D eigenvalue weighted by Crippen LogP contribution is 2.48. The number of hydrogen-bond acceptors (Lipinski definition) is 0. The summed E-state index contributed by atoms with van der Waals surface area (Å²) in [7, 11) is 0. The molecular weight excluding hydrogens is 381 g/mol. The fraction of sp³-hybridized carbons (Fsp3) is 0.556. The van der Waals surface area contributed by atoms with Crippen LogP contribution in [0, 0.1) is 35.2 Å². The van der Waals surface area contributed by atoms with Gasteiger partial charge in [0.15, 0.2) is 0 Å². The van der Waals surface area contributed by atoms with Gasteiger partial charge in [-0.1, -0.05) is 51.2 Å². The molecule has 4 rings (SSSR count). The zero-order valence-corrected chi connectivity index (χ0v) is 18.0. The van der Waals surface area contributed by atoms with Crippen LogP contribution in [0.4, 0.5) is 13.2 Å². The second-order valence-corrected chi connectivity index (χ2v) is 9.57. The first-order chi connectivity index (χ1) is 14.5. The second-order valence-electron chi connectivity index (χ2n) is 9.57. The van der Waals surface area contributed by atoms with Gasteiger partial charge >= 0.3 is 0 Å². The van der Waals surface area contributed by atoms with E-state index in [0.29, 0.717) is 5.92 Å². The average Bonchev–Trinajstić information content (AvgIpc) is 2.73. The highest BCUT2D eigenvalue weighted by Gasteiger charge is 2.36. The molecule has 0 aliphatic heterocycles. The van der Waals surface area contributed by atoms with Crippen molar-refractivity contribution in [2.24, 2.45) is 17.8 Å². The molecule has 0 spiro atoms. The Morgan fingerprint density at radius 1 is 0.833 bits per heavy atom. The van der Waals surface area contributed by atoms with Crippen molar-refractivity contribution in [2.75, 3.05) is 0 Å². The van der Waals surface area contributed by atoms with Crippen molar-refractivity contribution in [3.05, 3.63) is 59.4 Å². The Hall–Kier alpha value is -1.77. The minimum absolute atomic E-state index is 0.125. The van der Waals surface area contributed by atoms with Crippen molar-refractivity contribution in [1.29, 1.82) is 0 Å². The Balaban J connectivity index is 1.44. The molecule has 0 nitrogen and oxygen atoms in total. The number of hydrogen-bond donors (Lipinski definition) is 0. The van der Waals surface area contributed by atoms with Crippen molar-refractivity contribution in [2.45, 2.75) is 77.0 Å². The van der Waals surface area contributed by atoms with E-state index in [1.54, 1.807) is 6.07 Å². The van der Waals surface area contributed by atoms with Crippen LogP contribution in [0.15, 0.2) is 36.4 Å². The minimum atomic E-state index is -0.586. The lowest BCUT2D eigenvalue weighted by molar-refractivity contribution is 0.113. The number of benzene rings is 2. The lowest BCUT2D eigenvalue weighted by Gasteiger charge is -2.42. The first-order valence-electron chi connectivity index (χ1n) is 11.8. The molecule has 2 aromatic rings. The van der Waals surface area contributed by atoms with E-state index in [9.17, 15) is 13.2 Å². The predicted octanol–water partition coefficient (Wildman–Crippen LogP) is 8.65. The summed E-state index contributed by atoms with van der Waals surface area (Å²) in [5.74, 6) is 0.944. The van der Waals surface area contributed by atoms with Crippen LogP contribution in [0.25, 0.3) is 11.1 Å². The molecular formula is C27H33F3. The van der Waals surface area contributed by atoms with Crippen LogP contribution >= 0.6 is 0 Å². The molecule has 2 aliphatic carbocycles. The molecule has 3 heteroatoms. The number of fused-ring (bicyclic) bond motifs is 1. The van der Waals surface area contributed by atoms with E-state index < -0.39 is 17.5 Å². The van der Waals surface area contributed by atoms with Gasteiger partial charge in [0.25, 0.3) is 0 Å². The molecule has 0 radical (unpaired) electrons. The molecule has 2 aromatic carbocycles. The molecule has 0 N–H and O–H groups in total. The van der Waals surface area contributed by atoms with Crippen LogP contribution in [-0.2, 0) is 0 Å². The van der Waals surface area contributed by atoms with Crippen LogP contribution in [0.5, 0.6) is 0 Å². The largest absolute Gasteiger partial charge is 0.207 e. The van der Waals surface area contributed by atoms with Gasteiger partial charge < -0.3 is 0 Å². The quantitative estimate of drug-likeness (QED) is 0.415. The van der Waals surface area contributed by atoms with Gasteiger partial charge in [-0.2, -0.15) is 0 Å². The van der Waals surface area contributed by atoms with Gasteiger partial charge in [-0.3, -0.25) is 0 Å². The third kappa shape index (κ3) is 4.76. The van der Waals surface area contributed by atoms with Crippen LogP contribution in [0.1, 0.15) is 82.6 Å². The summed E-state index contributed by atoms with van der Waals surface area (Å²) in [5, 5.41) is 0. The standard InChI is InChI=1S/C27H33F3/c1-2-3-4-6-18-9-10-20-14-21(12-11-19(20)13-18)23-16-25(29)27(26(30)17-23)22-7-5-8-24(28)15-22/h5,7-8,15-21H,2-4,6,9-14H2,1H3/t18?,19-,20-,21-/m1/s1. The molecule has 0 saturated heterocycles. The van der Waals surface area contributed by atoms with Gasteiger partial charge in [0.1, 0.15) is 17.5 Å². The summed E-state index contributed by atoms with van der Waals surface area (Å²) in [6.07, 6.45) is 12.5. The van der Waals surface area contributed by atoms with E-state index in [0.717, 1.165) is 30.2 Å². The van der Waals surface area contributed by atoms with Crippen LogP contribution in [-0.4, -0.2) is 0 Å². The van der Waals surface area contributed by atoms with E-state index in [1.807, 2.05) is 0 Å². The molecule has 162 valence electrons. The summed E-state index contributed by atoms with van der Waals surface area (Å²) < 4.78 is 43.2. The summed E-state index contributed by atoms with van der Waals surface area (Å²) in [5.41, 5.74) is 0.898. The maximum Gasteiger partial charge on any atom is 0.134 e. The summed E-state index contributed by atoms with van der Waals surface area (Å²) in [6.45, 7) is 2.26. The Morgan fingerprint density at radius 3 is 2.30 bits per heavy atom. The van der Waals surface area contributed by atoms with Gasteiger partial charge in [-0.15, -0.1) is 0 Å². The SMILES string of the molecule is CCCCCC1CC[C@@H]2C[C@H](c3cc(F)c(-c4cccc(F)c4)c(F)c3)CC[C@@H]2C1. The molecule has 0 aromatic heterocycles. The zero-order valence-electron chi connectivity index (χ0n) is 18.0. The molecule has 30 heavy (non-hydrogen) atoms. The summed E-state index contributed by atoms with van der Waals surface area (Å²) >= 11 is 0. The maximum absolute atomic E-state index is 14.9. The molecule has 2 fully saturated rings. The predicted molar refractivity (Wildman–Crippen MR) is 117 cm³/mol. The van der Waals surface area contributed by atoms with Gasteiger partial charge in [-0.25, -0.2) is 13.2 Å². The maximum atomic E-state index is 14.9. The smallest absolute Gasteiger partial charge is 0.134 e. The van der Waals surface area contributed by atoms with Crippen molar-refractivity contribution in [1.82, 2.24) is 0 Å². The van der Waals surface area contributed by atoms with Crippen LogP contribution in [0.2, 0.25) is 0 Å². The fourth-order valence-corrected chi connectivity index (χ4v) is 5.98. The number of unbranched alkanes of at least 4 members (excludes halogenated alkanes) is 2. The Kier molecular flexibility index (Phi) is 6.85. The topological polar surface area (TPSA) is 0 Å². The van der Waals surface area contributed by atoms with Crippen molar-refractivity contribution >= 4 is 0 Å². The highest BCUT2D eigenvalue weighted by molar-refractivity contribution is 5.65. The van der Waals surface area contributed by atoms with Gasteiger partial charge in [0, 0.05) is 0 Å².